The van der Waals surface area contributed by atoms with Crippen molar-refractivity contribution in [2.24, 2.45) is 0 Å². The van der Waals surface area contributed by atoms with Crippen LogP contribution in [0.25, 0.3) is 0 Å². The molecule has 1 aromatic heterocycles. The Morgan fingerprint density at radius 2 is 2.00 bits per heavy atom. The fourth-order valence-corrected chi connectivity index (χ4v) is 4.24. The third kappa shape index (κ3) is 6.09. The molecule has 0 aliphatic carbocycles. The van der Waals surface area contributed by atoms with E-state index in [2.05, 4.69) is 20.2 Å². The quantitative estimate of drug-likeness (QED) is 0.399. The summed E-state index contributed by atoms with van der Waals surface area (Å²) in [5, 5.41) is 3.70. The highest BCUT2D eigenvalue weighted by molar-refractivity contribution is 7.99. The number of aromatic nitrogens is 2. The van der Waals surface area contributed by atoms with Crippen LogP contribution in [0, 0.1) is 0 Å². The predicted octanol–water partition coefficient (Wildman–Crippen LogP) is 2.99. The van der Waals surface area contributed by atoms with E-state index in [1.807, 2.05) is 49.1 Å². The Morgan fingerprint density at radius 1 is 1.23 bits per heavy atom. The van der Waals surface area contributed by atoms with E-state index in [4.69, 9.17) is 11.6 Å². The Kier molecular flexibility index (Phi) is 7.93. The highest BCUT2D eigenvalue weighted by atomic mass is 35.5. The first-order chi connectivity index (χ1) is 14.5. The average molecular weight is 448 g/mol. The molecule has 1 aliphatic heterocycles. The van der Waals surface area contributed by atoms with Crippen LogP contribution < -0.4 is 10.2 Å². The summed E-state index contributed by atoms with van der Waals surface area (Å²) in [4.78, 5) is 37.0. The minimum Gasteiger partial charge on any atom is -0.353 e. The van der Waals surface area contributed by atoms with E-state index in [0.29, 0.717) is 42.9 Å². The van der Waals surface area contributed by atoms with Crippen molar-refractivity contribution in [1.29, 1.82) is 0 Å². The molecule has 3 rings (SSSR count). The summed E-state index contributed by atoms with van der Waals surface area (Å²) in [5.41, 5.74) is 1.05. The number of rotatable bonds is 7. The SMILES string of the molecule is CCC(=O)N1CCN(c2cc(Cl)nc(SCC(=O)NCc3ccccc3)n2)CC1C. The van der Waals surface area contributed by atoms with Gasteiger partial charge in [0, 0.05) is 44.7 Å². The lowest BCUT2D eigenvalue weighted by atomic mass is 10.1. The summed E-state index contributed by atoms with van der Waals surface area (Å²) < 4.78 is 0. The number of anilines is 1. The monoisotopic (exact) mass is 447 g/mol. The second-order valence-electron chi connectivity index (χ2n) is 7.12. The van der Waals surface area contributed by atoms with Gasteiger partial charge in [-0.05, 0) is 12.5 Å². The zero-order valence-electron chi connectivity index (χ0n) is 17.2. The summed E-state index contributed by atoms with van der Waals surface area (Å²) in [7, 11) is 0. The minimum atomic E-state index is -0.0886. The van der Waals surface area contributed by atoms with Crippen LogP contribution in [-0.4, -0.2) is 58.1 Å². The molecular weight excluding hydrogens is 422 g/mol. The van der Waals surface area contributed by atoms with Gasteiger partial charge in [0.05, 0.1) is 5.75 Å². The van der Waals surface area contributed by atoms with Gasteiger partial charge in [0.15, 0.2) is 5.16 Å². The Balaban J connectivity index is 1.56. The summed E-state index contributed by atoms with van der Waals surface area (Å²) in [6.45, 7) is 6.42. The molecule has 160 valence electrons. The van der Waals surface area contributed by atoms with Gasteiger partial charge in [0.2, 0.25) is 11.8 Å². The van der Waals surface area contributed by atoms with Crippen LogP contribution in [0.2, 0.25) is 5.15 Å². The smallest absolute Gasteiger partial charge is 0.230 e. The number of nitrogens with zero attached hydrogens (tertiary/aromatic N) is 4. The first-order valence-electron chi connectivity index (χ1n) is 9.98. The maximum Gasteiger partial charge on any atom is 0.230 e. The van der Waals surface area contributed by atoms with Gasteiger partial charge in [-0.25, -0.2) is 9.97 Å². The Labute approximate surface area is 186 Å². The van der Waals surface area contributed by atoms with Crippen molar-refractivity contribution in [3.8, 4) is 0 Å². The first kappa shape index (κ1) is 22.4. The number of hydrogen-bond acceptors (Lipinski definition) is 6. The highest BCUT2D eigenvalue weighted by Crippen LogP contribution is 2.24. The van der Waals surface area contributed by atoms with E-state index < -0.39 is 0 Å². The molecule has 30 heavy (non-hydrogen) atoms. The summed E-state index contributed by atoms with van der Waals surface area (Å²) in [5.74, 6) is 1.01. The van der Waals surface area contributed by atoms with E-state index in [1.165, 1.54) is 11.8 Å². The first-order valence-corrected chi connectivity index (χ1v) is 11.3. The zero-order chi connectivity index (χ0) is 21.5. The molecular formula is C21H26ClN5O2S. The molecule has 1 saturated heterocycles. The summed E-state index contributed by atoms with van der Waals surface area (Å²) >= 11 is 7.46. The molecule has 1 aliphatic rings. The van der Waals surface area contributed by atoms with Crippen molar-refractivity contribution in [2.45, 2.75) is 38.0 Å². The number of piperazine rings is 1. The molecule has 9 heteroatoms. The topological polar surface area (TPSA) is 78.4 Å². The molecule has 0 saturated carbocycles. The summed E-state index contributed by atoms with van der Waals surface area (Å²) in [6, 6.07) is 11.6. The van der Waals surface area contributed by atoms with Crippen molar-refractivity contribution < 1.29 is 9.59 Å². The van der Waals surface area contributed by atoms with Crippen LogP contribution in [0.15, 0.2) is 41.6 Å². The molecule has 1 atom stereocenters. The lowest BCUT2D eigenvalue weighted by Gasteiger charge is -2.40. The third-order valence-electron chi connectivity index (χ3n) is 4.90. The fourth-order valence-electron chi connectivity index (χ4n) is 3.33. The molecule has 1 aromatic carbocycles. The van der Waals surface area contributed by atoms with Crippen molar-refractivity contribution in [1.82, 2.24) is 20.2 Å². The Hall–Kier alpha value is -2.32. The molecule has 2 amide bonds. The van der Waals surface area contributed by atoms with Crippen LogP contribution >= 0.6 is 23.4 Å². The number of amides is 2. The molecule has 0 bridgehead atoms. The minimum absolute atomic E-state index is 0.0886. The van der Waals surface area contributed by atoms with Gasteiger partial charge in [0.1, 0.15) is 11.0 Å². The third-order valence-corrected chi connectivity index (χ3v) is 5.94. The van der Waals surface area contributed by atoms with Crippen LogP contribution in [0.3, 0.4) is 0 Å². The van der Waals surface area contributed by atoms with Crippen LogP contribution in [0.1, 0.15) is 25.8 Å². The maximum absolute atomic E-state index is 12.2. The Morgan fingerprint density at radius 3 is 2.70 bits per heavy atom. The van der Waals surface area contributed by atoms with E-state index in [0.717, 1.165) is 11.4 Å². The van der Waals surface area contributed by atoms with Crippen molar-refractivity contribution in [3.63, 3.8) is 0 Å². The number of hydrogen-bond donors (Lipinski definition) is 1. The molecule has 7 nitrogen and oxygen atoms in total. The highest BCUT2D eigenvalue weighted by Gasteiger charge is 2.27. The summed E-state index contributed by atoms with van der Waals surface area (Å²) in [6.07, 6.45) is 0.511. The van der Waals surface area contributed by atoms with Gasteiger partial charge in [0.25, 0.3) is 0 Å². The average Bonchev–Trinajstić information content (AvgIpc) is 2.76. The number of carbonyl (C=O) groups is 2. The predicted molar refractivity (Wildman–Crippen MR) is 120 cm³/mol. The largest absolute Gasteiger partial charge is 0.353 e. The van der Waals surface area contributed by atoms with Gasteiger partial charge < -0.3 is 15.1 Å². The molecule has 2 heterocycles. The van der Waals surface area contributed by atoms with Crippen molar-refractivity contribution in [3.05, 3.63) is 47.1 Å². The molecule has 1 unspecified atom stereocenters. The standard InChI is InChI=1S/C21H26ClN5O2S/c1-3-20(29)27-10-9-26(13-15(27)2)18-11-17(22)24-21(25-18)30-14-19(28)23-12-16-7-5-4-6-8-16/h4-8,11,15H,3,9-10,12-14H2,1-2H3,(H,23,28). The van der Waals surface area contributed by atoms with Crippen LogP contribution in [0.5, 0.6) is 0 Å². The van der Waals surface area contributed by atoms with Gasteiger partial charge in [-0.15, -0.1) is 0 Å². The van der Waals surface area contributed by atoms with Crippen molar-refractivity contribution in [2.75, 3.05) is 30.3 Å². The van der Waals surface area contributed by atoms with Gasteiger partial charge in [-0.2, -0.15) is 0 Å². The normalized spacial score (nSPS) is 16.4. The number of nitrogens with one attached hydrogen (secondary N) is 1. The second kappa shape index (κ2) is 10.6. The molecule has 2 aromatic rings. The van der Waals surface area contributed by atoms with Crippen LogP contribution in [-0.2, 0) is 16.1 Å². The van der Waals surface area contributed by atoms with E-state index in [9.17, 15) is 9.59 Å². The van der Waals surface area contributed by atoms with Gasteiger partial charge in [-0.3, -0.25) is 9.59 Å². The number of thioether (sulfide) groups is 1. The maximum atomic E-state index is 12.2. The van der Waals surface area contributed by atoms with E-state index >= 15 is 0 Å². The molecule has 1 fully saturated rings. The fraction of sp³-hybridized carbons (Fsp3) is 0.429. The van der Waals surface area contributed by atoms with Gasteiger partial charge >= 0.3 is 0 Å². The van der Waals surface area contributed by atoms with Crippen LogP contribution in [0.4, 0.5) is 5.82 Å². The molecule has 0 radical (unpaired) electrons. The van der Waals surface area contributed by atoms with Crippen molar-refractivity contribution >= 4 is 41.0 Å². The molecule has 1 N–H and O–H groups in total. The lowest BCUT2D eigenvalue weighted by Crippen LogP contribution is -2.54. The van der Waals surface area contributed by atoms with E-state index in [1.54, 1.807) is 6.07 Å². The Bertz CT molecular complexity index is 883. The lowest BCUT2D eigenvalue weighted by molar-refractivity contribution is -0.133. The number of halogens is 1. The second-order valence-corrected chi connectivity index (χ2v) is 8.45. The van der Waals surface area contributed by atoms with E-state index in [-0.39, 0.29) is 23.6 Å². The number of carbonyl (C=O) groups excluding carboxylic acids is 2. The zero-order valence-corrected chi connectivity index (χ0v) is 18.7. The molecule has 0 spiro atoms. The van der Waals surface area contributed by atoms with Gasteiger partial charge in [-0.1, -0.05) is 60.6 Å². The number of benzene rings is 1.